The monoisotopic (exact) mass is 514 g/mol. The van der Waals surface area contributed by atoms with Gasteiger partial charge in [0, 0.05) is 19.2 Å². The molecular formula is C23H20Cl2N6O4. The molecule has 2 aromatic heterocycles. The zero-order valence-corrected chi connectivity index (χ0v) is 20.5. The molecule has 1 aromatic carbocycles. The minimum absolute atomic E-state index is 0.0540. The van der Waals surface area contributed by atoms with E-state index in [9.17, 15) is 9.59 Å². The number of nitrogens with two attached hydrogens (primary N) is 1. The Morgan fingerprint density at radius 3 is 2.54 bits per heavy atom. The van der Waals surface area contributed by atoms with Crippen LogP contribution < -0.4 is 20.8 Å². The molecule has 1 saturated heterocycles. The predicted octanol–water partition coefficient (Wildman–Crippen LogP) is 2.22. The van der Waals surface area contributed by atoms with E-state index in [1.165, 1.54) is 18.9 Å². The topological polar surface area (TPSA) is 128 Å². The van der Waals surface area contributed by atoms with Gasteiger partial charge in [0.25, 0.3) is 11.5 Å². The van der Waals surface area contributed by atoms with Gasteiger partial charge in [0.2, 0.25) is 0 Å². The van der Waals surface area contributed by atoms with Crippen LogP contribution in [0.4, 0.5) is 5.82 Å². The lowest BCUT2D eigenvalue weighted by molar-refractivity contribution is -0.124. The molecule has 0 unspecified atom stereocenters. The summed E-state index contributed by atoms with van der Waals surface area (Å²) in [7, 11) is 2.92. The molecule has 0 aliphatic carbocycles. The van der Waals surface area contributed by atoms with Crippen LogP contribution >= 0.6 is 23.2 Å². The predicted molar refractivity (Wildman–Crippen MR) is 132 cm³/mol. The van der Waals surface area contributed by atoms with E-state index in [1.54, 1.807) is 17.9 Å². The van der Waals surface area contributed by atoms with Crippen molar-refractivity contribution in [1.29, 1.82) is 0 Å². The number of likely N-dealkylation sites (tertiary alicyclic amines) is 1. The third-order valence-electron chi connectivity index (χ3n) is 5.57. The van der Waals surface area contributed by atoms with Crippen LogP contribution in [0, 0.1) is 23.7 Å². The number of nitrogens with zero attached hydrogens (tertiary/aromatic N) is 4. The number of nitrogens with one attached hydrogen (secondary N) is 1. The molecule has 0 radical (unpaired) electrons. The Kier molecular flexibility index (Phi) is 6.79. The number of hydrogen-bond acceptors (Lipinski definition) is 7. The first-order chi connectivity index (χ1) is 16.8. The zero-order chi connectivity index (χ0) is 25.3. The largest absolute Gasteiger partial charge is 0.495 e. The third-order valence-corrected chi connectivity index (χ3v) is 6.32. The zero-order valence-electron chi connectivity index (χ0n) is 19.0. The van der Waals surface area contributed by atoms with Gasteiger partial charge in [0.15, 0.2) is 5.82 Å². The number of H-pyrrole nitrogens is 1. The minimum Gasteiger partial charge on any atom is -0.495 e. The van der Waals surface area contributed by atoms with E-state index in [1.807, 2.05) is 0 Å². The summed E-state index contributed by atoms with van der Waals surface area (Å²) in [5.74, 6) is 11.4. The van der Waals surface area contributed by atoms with Crippen LogP contribution in [-0.2, 0) is 4.79 Å². The highest BCUT2D eigenvalue weighted by atomic mass is 35.5. The quantitative estimate of drug-likeness (QED) is 0.512. The van der Waals surface area contributed by atoms with E-state index in [0.29, 0.717) is 36.4 Å². The van der Waals surface area contributed by atoms with Gasteiger partial charge in [-0.3, -0.25) is 14.3 Å². The molecule has 1 atom stereocenters. The molecule has 4 rings (SSSR count). The summed E-state index contributed by atoms with van der Waals surface area (Å²) >= 11 is 12.9. The van der Waals surface area contributed by atoms with Crippen LogP contribution in [0.3, 0.4) is 0 Å². The van der Waals surface area contributed by atoms with Crippen LogP contribution in [-0.4, -0.2) is 58.1 Å². The number of rotatable bonds is 3. The first-order valence-corrected chi connectivity index (χ1v) is 11.2. The smallest absolute Gasteiger partial charge is 0.298 e. The van der Waals surface area contributed by atoms with Gasteiger partial charge in [-0.2, -0.15) is 10.2 Å². The third kappa shape index (κ3) is 4.34. The molecule has 0 spiro atoms. The van der Waals surface area contributed by atoms with Crippen molar-refractivity contribution in [2.24, 2.45) is 0 Å². The fourth-order valence-electron chi connectivity index (χ4n) is 3.90. The summed E-state index contributed by atoms with van der Waals surface area (Å²) < 4.78 is 12.1. The van der Waals surface area contributed by atoms with Gasteiger partial charge in [0.1, 0.15) is 22.7 Å². The second-order valence-corrected chi connectivity index (χ2v) is 8.31. The molecule has 1 fully saturated rings. The second-order valence-electron chi connectivity index (χ2n) is 7.56. The number of carbonyl (C=O) groups excluding carboxylic acids is 1. The van der Waals surface area contributed by atoms with Crippen LogP contribution in [0.25, 0.3) is 10.9 Å². The van der Waals surface area contributed by atoms with Crippen LogP contribution in [0.5, 0.6) is 11.5 Å². The van der Waals surface area contributed by atoms with E-state index >= 15 is 0 Å². The highest BCUT2D eigenvalue weighted by Gasteiger charge is 2.30. The molecule has 1 aliphatic heterocycles. The van der Waals surface area contributed by atoms with Gasteiger partial charge in [0.05, 0.1) is 41.3 Å². The lowest BCUT2D eigenvalue weighted by Crippen LogP contribution is -2.28. The number of carbonyl (C=O) groups is 1. The first kappa shape index (κ1) is 24.3. The Balaban J connectivity index is 1.85. The van der Waals surface area contributed by atoms with E-state index in [4.69, 9.17) is 38.4 Å². The van der Waals surface area contributed by atoms with E-state index < -0.39 is 5.56 Å². The molecule has 35 heavy (non-hydrogen) atoms. The second kappa shape index (κ2) is 9.79. The Labute approximate surface area is 210 Å². The number of ether oxygens (including phenoxy) is 2. The number of nitrogen functional groups attached to an aromatic ring is 1. The minimum atomic E-state index is -0.480. The lowest BCUT2D eigenvalue weighted by atomic mass is 10.1. The Morgan fingerprint density at radius 1 is 1.23 bits per heavy atom. The molecule has 1 aliphatic rings. The highest BCUT2D eigenvalue weighted by Crippen LogP contribution is 2.40. The normalized spacial score (nSPS) is 14.8. The van der Waals surface area contributed by atoms with Gasteiger partial charge in [-0.25, -0.2) is 5.10 Å². The molecular weight excluding hydrogens is 495 g/mol. The first-order valence-electron chi connectivity index (χ1n) is 10.4. The summed E-state index contributed by atoms with van der Waals surface area (Å²) in [6.07, 6.45) is 0.577. The number of aromatic nitrogens is 4. The summed E-state index contributed by atoms with van der Waals surface area (Å²) in [4.78, 5) is 26.5. The summed E-state index contributed by atoms with van der Waals surface area (Å²) in [6, 6.07) is 1.28. The number of benzene rings is 1. The molecule has 1 amide bonds. The average molecular weight is 515 g/mol. The fourth-order valence-corrected chi connectivity index (χ4v) is 4.49. The Morgan fingerprint density at radius 2 is 1.91 bits per heavy atom. The van der Waals surface area contributed by atoms with Crippen molar-refractivity contribution in [1.82, 2.24) is 24.9 Å². The molecule has 3 N–H and O–H groups in total. The van der Waals surface area contributed by atoms with Gasteiger partial charge >= 0.3 is 0 Å². The molecule has 3 heterocycles. The number of halogens is 2. The summed E-state index contributed by atoms with van der Waals surface area (Å²) in [5, 5.41) is 11.5. The maximum Gasteiger partial charge on any atom is 0.298 e. The van der Waals surface area contributed by atoms with E-state index in [-0.39, 0.29) is 44.6 Å². The number of aromatic amines is 1. The van der Waals surface area contributed by atoms with Crippen molar-refractivity contribution in [3.63, 3.8) is 0 Å². The fraction of sp³-hybridized carbons (Fsp3) is 0.304. The van der Waals surface area contributed by atoms with Crippen LogP contribution in [0.2, 0.25) is 10.0 Å². The van der Waals surface area contributed by atoms with Crippen molar-refractivity contribution in [3.05, 3.63) is 37.7 Å². The molecule has 3 aromatic rings. The van der Waals surface area contributed by atoms with Gasteiger partial charge in [-0.1, -0.05) is 35.0 Å². The SMILES string of the molecule is CC#CC(=O)N1CC[C@H](n2nc(C#Cc3c(Cl)c(OC)cc(OC)c3Cl)c3c(N)n[nH]c(=O)c32)C1. The number of amides is 1. The number of fused-ring (bicyclic) bond motifs is 1. The molecule has 12 heteroatoms. The highest BCUT2D eigenvalue weighted by molar-refractivity contribution is 6.38. The number of methoxy groups -OCH3 is 2. The average Bonchev–Trinajstić information content (AvgIpc) is 3.48. The standard InChI is InChI=1S/C23H20Cl2N6O4/c1-4-5-17(32)30-9-8-12(11-30)31-21-18(22(26)27-28-23(21)33)14(29-31)7-6-13-19(24)15(34-2)10-16(35-3)20(13)25/h10,12H,8-9,11H2,1-3H3,(H2,26,27)(H,28,33)/t12-/m0/s1. The summed E-state index contributed by atoms with van der Waals surface area (Å²) in [6.45, 7) is 2.42. The van der Waals surface area contributed by atoms with Crippen molar-refractivity contribution < 1.29 is 14.3 Å². The lowest BCUT2D eigenvalue weighted by Gasteiger charge is -2.14. The molecule has 10 nitrogen and oxygen atoms in total. The number of anilines is 1. The van der Waals surface area contributed by atoms with E-state index in [2.05, 4.69) is 39.0 Å². The molecule has 0 saturated carbocycles. The van der Waals surface area contributed by atoms with Gasteiger partial charge < -0.3 is 20.1 Å². The summed E-state index contributed by atoms with van der Waals surface area (Å²) in [5.41, 5.74) is 6.30. The maximum atomic E-state index is 12.7. The molecule has 0 bridgehead atoms. The van der Waals surface area contributed by atoms with E-state index in [0.717, 1.165) is 0 Å². The number of hydrogen-bond donors (Lipinski definition) is 2. The van der Waals surface area contributed by atoms with Crippen LogP contribution in [0.1, 0.15) is 30.6 Å². The van der Waals surface area contributed by atoms with Crippen molar-refractivity contribution >= 4 is 45.8 Å². The van der Waals surface area contributed by atoms with Crippen molar-refractivity contribution in [3.8, 4) is 35.2 Å². The van der Waals surface area contributed by atoms with Gasteiger partial charge in [-0.05, 0) is 25.2 Å². The van der Waals surface area contributed by atoms with Gasteiger partial charge in [-0.15, -0.1) is 0 Å². The Hall–Kier alpha value is -3.86. The van der Waals surface area contributed by atoms with Crippen molar-refractivity contribution in [2.45, 2.75) is 19.4 Å². The maximum absolute atomic E-state index is 12.7. The Bertz CT molecular complexity index is 1490. The molecule has 180 valence electrons. The van der Waals surface area contributed by atoms with Crippen LogP contribution in [0.15, 0.2) is 10.9 Å². The van der Waals surface area contributed by atoms with Crippen molar-refractivity contribution in [2.75, 3.05) is 33.0 Å².